The normalized spacial score (nSPS) is 22.5. The Bertz CT molecular complexity index is 703. The molecule has 3 atom stereocenters. The van der Waals surface area contributed by atoms with Gasteiger partial charge in [0.2, 0.25) is 0 Å². The van der Waals surface area contributed by atoms with Gasteiger partial charge in [-0.25, -0.2) is 4.98 Å². The van der Waals surface area contributed by atoms with Gasteiger partial charge in [0.1, 0.15) is 10.9 Å². The van der Waals surface area contributed by atoms with Crippen LogP contribution in [0.15, 0.2) is 24.3 Å². The van der Waals surface area contributed by atoms with Crippen LogP contribution in [0.3, 0.4) is 0 Å². The molecule has 24 heavy (non-hydrogen) atoms. The summed E-state index contributed by atoms with van der Waals surface area (Å²) in [7, 11) is 1.70. The van der Waals surface area contributed by atoms with Gasteiger partial charge < -0.3 is 10.1 Å². The van der Waals surface area contributed by atoms with Crippen LogP contribution < -0.4 is 10.1 Å². The minimum Gasteiger partial charge on any atom is -0.497 e. The topological polar surface area (TPSA) is 34.2 Å². The number of ether oxygens (including phenoxy) is 1. The molecule has 2 aromatic rings. The van der Waals surface area contributed by atoms with Crippen molar-refractivity contribution in [1.29, 1.82) is 0 Å². The molecule has 0 radical (unpaired) electrons. The average molecular weight is 347 g/mol. The Morgan fingerprint density at radius 2 is 2.21 bits per heavy atom. The van der Waals surface area contributed by atoms with Gasteiger partial charge in [0.25, 0.3) is 0 Å². The number of methoxy groups -OCH3 is 1. The van der Waals surface area contributed by atoms with Crippen LogP contribution in [0.4, 0.5) is 0 Å². The molecule has 4 heteroatoms. The van der Waals surface area contributed by atoms with Crippen molar-refractivity contribution in [2.24, 2.45) is 17.8 Å². The quantitative estimate of drug-likeness (QED) is 0.796. The lowest BCUT2D eigenvalue weighted by molar-refractivity contribution is 0.179. The molecular weight excluding hydrogens is 320 g/mol. The van der Waals surface area contributed by atoms with Crippen LogP contribution in [-0.2, 0) is 6.42 Å². The highest BCUT2D eigenvalue weighted by Crippen LogP contribution is 2.34. The van der Waals surface area contributed by atoms with Crippen molar-refractivity contribution in [3.8, 4) is 5.75 Å². The van der Waals surface area contributed by atoms with E-state index in [0.29, 0.717) is 11.1 Å². The van der Waals surface area contributed by atoms with Crippen LogP contribution in [-0.4, -0.2) is 25.2 Å². The van der Waals surface area contributed by atoms with Gasteiger partial charge >= 0.3 is 0 Å². The maximum atomic E-state index is 6.27. The maximum absolute atomic E-state index is 6.27. The van der Waals surface area contributed by atoms with E-state index in [1.807, 2.05) is 18.2 Å². The minimum absolute atomic E-state index is 0.576. The Labute approximate surface area is 149 Å². The number of nitrogens with one attached hydrogen (secondary N) is 1. The van der Waals surface area contributed by atoms with E-state index in [0.717, 1.165) is 48.0 Å². The van der Waals surface area contributed by atoms with Crippen molar-refractivity contribution in [2.45, 2.75) is 33.1 Å². The van der Waals surface area contributed by atoms with E-state index < -0.39 is 0 Å². The van der Waals surface area contributed by atoms with Gasteiger partial charge in [0.05, 0.1) is 12.6 Å². The lowest BCUT2D eigenvalue weighted by Gasteiger charge is -2.36. The molecule has 3 rings (SSSR count). The summed E-state index contributed by atoms with van der Waals surface area (Å²) in [6, 6.07) is 8.05. The summed E-state index contributed by atoms with van der Waals surface area (Å²) in [6.07, 6.45) is 3.54. The van der Waals surface area contributed by atoms with Gasteiger partial charge in [-0.1, -0.05) is 31.9 Å². The van der Waals surface area contributed by atoms with Gasteiger partial charge in [-0.3, -0.25) is 0 Å². The highest BCUT2D eigenvalue weighted by atomic mass is 35.5. The van der Waals surface area contributed by atoms with Crippen LogP contribution in [0.5, 0.6) is 5.75 Å². The first-order valence-corrected chi connectivity index (χ1v) is 9.34. The molecule has 2 heterocycles. The summed E-state index contributed by atoms with van der Waals surface area (Å²) in [5.41, 5.74) is 2.23. The molecule has 3 unspecified atom stereocenters. The Kier molecular flexibility index (Phi) is 5.62. The predicted molar refractivity (Wildman–Crippen MR) is 101 cm³/mol. The van der Waals surface area contributed by atoms with E-state index in [2.05, 4.69) is 30.2 Å². The molecule has 1 fully saturated rings. The molecule has 1 saturated heterocycles. The number of hydrogen-bond acceptors (Lipinski definition) is 3. The van der Waals surface area contributed by atoms with E-state index in [-0.39, 0.29) is 0 Å². The molecule has 1 aliphatic heterocycles. The van der Waals surface area contributed by atoms with Crippen molar-refractivity contribution in [1.82, 2.24) is 10.3 Å². The fourth-order valence-electron chi connectivity index (χ4n) is 4.17. The van der Waals surface area contributed by atoms with E-state index in [9.17, 15) is 0 Å². The highest BCUT2D eigenvalue weighted by molar-refractivity contribution is 6.29. The molecule has 3 nitrogen and oxygen atoms in total. The highest BCUT2D eigenvalue weighted by Gasteiger charge is 2.28. The zero-order valence-electron chi connectivity index (χ0n) is 14.8. The first kappa shape index (κ1) is 17.5. The average Bonchev–Trinajstić information content (AvgIpc) is 2.61. The second-order valence-corrected chi connectivity index (χ2v) is 7.38. The molecule has 130 valence electrons. The van der Waals surface area contributed by atoms with Crippen molar-refractivity contribution in [2.75, 3.05) is 20.2 Å². The molecule has 0 amide bonds. The van der Waals surface area contributed by atoms with E-state index in [1.54, 1.807) is 7.11 Å². The molecule has 1 aliphatic rings. The number of rotatable bonds is 5. The SMILES string of the molecule is CCC1CNCCC1C(C)Cc1cc(Cl)nc2ccc(OC)cc12. The summed E-state index contributed by atoms with van der Waals surface area (Å²) >= 11 is 6.27. The van der Waals surface area contributed by atoms with Crippen molar-refractivity contribution in [3.05, 3.63) is 35.0 Å². The Morgan fingerprint density at radius 3 is 2.96 bits per heavy atom. The van der Waals surface area contributed by atoms with Gasteiger partial charge in [-0.15, -0.1) is 0 Å². The summed E-state index contributed by atoms with van der Waals surface area (Å²) in [5, 5.41) is 5.28. The van der Waals surface area contributed by atoms with Crippen molar-refractivity contribution < 1.29 is 4.74 Å². The van der Waals surface area contributed by atoms with E-state index in [4.69, 9.17) is 16.3 Å². The Balaban J connectivity index is 1.90. The minimum atomic E-state index is 0.576. The van der Waals surface area contributed by atoms with Crippen LogP contribution >= 0.6 is 11.6 Å². The molecule has 0 aliphatic carbocycles. The summed E-state index contributed by atoms with van der Waals surface area (Å²) < 4.78 is 5.39. The smallest absolute Gasteiger partial charge is 0.130 e. The number of aromatic nitrogens is 1. The standard InChI is InChI=1S/C20H27ClN2O/c1-4-14-12-22-8-7-17(14)13(2)9-15-10-20(21)23-19-6-5-16(24-3)11-18(15)19/h5-6,10-11,13-14,17,22H,4,7-9,12H2,1-3H3. The van der Waals surface area contributed by atoms with Crippen LogP contribution in [0.2, 0.25) is 5.15 Å². The number of hydrogen-bond donors (Lipinski definition) is 1. The monoisotopic (exact) mass is 346 g/mol. The lowest BCUT2D eigenvalue weighted by Crippen LogP contribution is -2.39. The van der Waals surface area contributed by atoms with Gasteiger partial charge in [-0.2, -0.15) is 0 Å². The summed E-state index contributed by atoms with van der Waals surface area (Å²) in [4.78, 5) is 4.46. The number of fused-ring (bicyclic) bond motifs is 1. The third-order valence-corrected chi connectivity index (χ3v) is 5.73. The Morgan fingerprint density at radius 1 is 1.38 bits per heavy atom. The third-order valence-electron chi connectivity index (χ3n) is 5.53. The number of benzene rings is 1. The van der Waals surface area contributed by atoms with Crippen LogP contribution in [0, 0.1) is 17.8 Å². The fourth-order valence-corrected chi connectivity index (χ4v) is 4.40. The van der Waals surface area contributed by atoms with Crippen molar-refractivity contribution >= 4 is 22.5 Å². The molecule has 0 saturated carbocycles. The zero-order chi connectivity index (χ0) is 17.1. The molecule has 0 bridgehead atoms. The number of pyridine rings is 1. The van der Waals surface area contributed by atoms with E-state index >= 15 is 0 Å². The zero-order valence-corrected chi connectivity index (χ0v) is 15.6. The molecule has 0 spiro atoms. The van der Waals surface area contributed by atoms with Crippen LogP contribution in [0.1, 0.15) is 32.3 Å². The fraction of sp³-hybridized carbons (Fsp3) is 0.550. The first-order chi connectivity index (χ1) is 11.6. The second kappa shape index (κ2) is 7.71. The molecule has 1 aromatic heterocycles. The predicted octanol–water partition coefficient (Wildman–Crippen LogP) is 4.71. The molecule has 1 aromatic carbocycles. The molecule has 1 N–H and O–H groups in total. The van der Waals surface area contributed by atoms with Crippen LogP contribution in [0.25, 0.3) is 10.9 Å². The first-order valence-electron chi connectivity index (χ1n) is 8.96. The Hall–Kier alpha value is -1.32. The number of piperidine rings is 1. The largest absolute Gasteiger partial charge is 0.497 e. The third kappa shape index (κ3) is 3.68. The summed E-state index contributed by atoms with van der Waals surface area (Å²) in [5.74, 6) is 3.04. The second-order valence-electron chi connectivity index (χ2n) is 6.99. The lowest BCUT2D eigenvalue weighted by atomic mass is 9.74. The van der Waals surface area contributed by atoms with Gasteiger partial charge in [0.15, 0.2) is 0 Å². The number of nitrogens with zero attached hydrogens (tertiary/aromatic N) is 1. The maximum Gasteiger partial charge on any atom is 0.130 e. The summed E-state index contributed by atoms with van der Waals surface area (Å²) in [6.45, 7) is 6.98. The van der Waals surface area contributed by atoms with Crippen molar-refractivity contribution in [3.63, 3.8) is 0 Å². The van der Waals surface area contributed by atoms with E-state index in [1.165, 1.54) is 18.4 Å². The molecular formula is C20H27ClN2O. The number of halogens is 1. The van der Waals surface area contributed by atoms with Gasteiger partial charge in [0, 0.05) is 5.39 Å². The van der Waals surface area contributed by atoms with Gasteiger partial charge in [-0.05, 0) is 73.5 Å².